The normalized spacial score (nSPS) is 26.3. The number of carboxylic acids is 1. The summed E-state index contributed by atoms with van der Waals surface area (Å²) in [6, 6.07) is 4.95. The number of carbonyl (C=O) groups is 2. The quantitative estimate of drug-likeness (QED) is 0.783. The van der Waals surface area contributed by atoms with Gasteiger partial charge in [0.1, 0.15) is 6.04 Å². The zero-order valence-corrected chi connectivity index (χ0v) is 15.4. The van der Waals surface area contributed by atoms with E-state index in [1.807, 2.05) is 0 Å². The summed E-state index contributed by atoms with van der Waals surface area (Å²) >= 11 is 0. The zero-order valence-electron chi connectivity index (χ0n) is 14.6. The zero-order chi connectivity index (χ0) is 18.9. The third kappa shape index (κ3) is 3.61. The number of rotatable bonds is 5. The molecule has 0 radical (unpaired) electrons. The van der Waals surface area contributed by atoms with Gasteiger partial charge in [0.15, 0.2) is 0 Å². The van der Waals surface area contributed by atoms with E-state index in [2.05, 4.69) is 4.74 Å². The maximum Gasteiger partial charge on any atom is 0.337 e. The predicted molar refractivity (Wildman–Crippen MR) is 94.0 cm³/mol. The fraction of sp³-hybridized carbons (Fsp3) is 0.556. The van der Waals surface area contributed by atoms with Crippen molar-refractivity contribution in [3.05, 3.63) is 35.4 Å². The molecule has 0 bridgehead atoms. The summed E-state index contributed by atoms with van der Waals surface area (Å²) in [5.74, 6) is -1.72. The number of hydrogen-bond donors (Lipinski definition) is 1. The van der Waals surface area contributed by atoms with E-state index < -0.39 is 28.0 Å². The van der Waals surface area contributed by atoms with E-state index in [4.69, 9.17) is 0 Å². The minimum atomic E-state index is -3.78. The van der Waals surface area contributed by atoms with Crippen LogP contribution in [-0.2, 0) is 25.3 Å². The number of fused-ring (bicyclic) bond motifs is 1. The number of benzene rings is 1. The number of carboxylic acid groups (broad SMARTS) is 1. The molecule has 142 valence electrons. The topological polar surface area (TPSA) is 101 Å². The molecule has 8 heteroatoms. The minimum Gasteiger partial charge on any atom is -0.480 e. The smallest absolute Gasteiger partial charge is 0.337 e. The van der Waals surface area contributed by atoms with Gasteiger partial charge < -0.3 is 9.84 Å². The summed E-state index contributed by atoms with van der Waals surface area (Å²) in [6.45, 7) is 0. The molecule has 1 aromatic carbocycles. The highest BCUT2D eigenvalue weighted by Gasteiger charge is 2.50. The summed E-state index contributed by atoms with van der Waals surface area (Å²) in [5, 5.41) is 9.53. The summed E-state index contributed by atoms with van der Waals surface area (Å²) in [7, 11) is -2.50. The van der Waals surface area contributed by atoms with Gasteiger partial charge in [-0.15, -0.1) is 0 Å². The Balaban J connectivity index is 1.83. The van der Waals surface area contributed by atoms with Crippen LogP contribution in [0.3, 0.4) is 0 Å². The first-order chi connectivity index (χ1) is 12.3. The van der Waals surface area contributed by atoms with Gasteiger partial charge in [0.2, 0.25) is 10.0 Å². The molecule has 1 saturated carbocycles. The van der Waals surface area contributed by atoms with Gasteiger partial charge in [-0.2, -0.15) is 4.31 Å². The molecule has 3 unspecified atom stereocenters. The highest BCUT2D eigenvalue weighted by atomic mass is 32.2. The molecule has 0 spiro atoms. The van der Waals surface area contributed by atoms with Crippen molar-refractivity contribution >= 4 is 22.0 Å². The van der Waals surface area contributed by atoms with Gasteiger partial charge >= 0.3 is 11.9 Å². The molecule has 1 N–H and O–H groups in total. The number of carbonyl (C=O) groups excluding carboxylic acids is 1. The van der Waals surface area contributed by atoms with Crippen LogP contribution in [0, 0.1) is 5.92 Å². The van der Waals surface area contributed by atoms with Crippen molar-refractivity contribution in [3.8, 4) is 0 Å². The molecule has 2 aliphatic rings. The van der Waals surface area contributed by atoms with E-state index in [-0.39, 0.29) is 17.7 Å². The second kappa shape index (κ2) is 7.36. The van der Waals surface area contributed by atoms with Gasteiger partial charge in [-0.05, 0) is 42.9 Å². The summed E-state index contributed by atoms with van der Waals surface area (Å²) in [6.07, 6.45) is 3.94. The van der Waals surface area contributed by atoms with Crippen molar-refractivity contribution in [1.29, 1.82) is 0 Å². The molecule has 26 heavy (non-hydrogen) atoms. The summed E-state index contributed by atoms with van der Waals surface area (Å²) < 4.78 is 31.9. The van der Waals surface area contributed by atoms with Gasteiger partial charge in [-0.3, -0.25) is 4.79 Å². The average molecular weight is 381 g/mol. The van der Waals surface area contributed by atoms with Crippen LogP contribution in [0.5, 0.6) is 0 Å². The number of methoxy groups -OCH3 is 1. The Hall–Kier alpha value is -1.93. The lowest BCUT2D eigenvalue weighted by atomic mass is 9.85. The maximum atomic E-state index is 13.0. The number of aliphatic carboxylic acids is 1. The molecule has 7 nitrogen and oxygen atoms in total. The first-order valence-electron chi connectivity index (χ1n) is 8.75. The van der Waals surface area contributed by atoms with E-state index in [0.717, 1.165) is 25.7 Å². The Kier molecular flexibility index (Phi) is 5.34. The van der Waals surface area contributed by atoms with E-state index in [1.165, 1.54) is 23.5 Å². The van der Waals surface area contributed by atoms with Gasteiger partial charge in [-0.25, -0.2) is 13.2 Å². The number of sulfonamides is 1. The fourth-order valence-electron chi connectivity index (χ4n) is 4.17. The van der Waals surface area contributed by atoms with E-state index in [0.29, 0.717) is 17.5 Å². The van der Waals surface area contributed by atoms with Gasteiger partial charge in [0.25, 0.3) is 0 Å². The highest BCUT2D eigenvalue weighted by molar-refractivity contribution is 7.88. The standard InChI is InChI=1S/C18H23NO6S/c1-25-18(22)13-8-6-12(7-9-13)11-26(23,24)19-15-5-3-2-4-14(15)10-16(19)17(20)21/h6-9,14-16H,2-5,10-11H2,1H3,(H,20,21). The van der Waals surface area contributed by atoms with Crippen LogP contribution in [-0.4, -0.2) is 49.0 Å². The Labute approximate surface area is 153 Å². The Bertz CT molecular complexity index is 788. The third-order valence-corrected chi connectivity index (χ3v) is 7.23. The van der Waals surface area contributed by atoms with Crippen LogP contribution in [0.1, 0.15) is 48.0 Å². The highest BCUT2D eigenvalue weighted by Crippen LogP contribution is 2.42. The molecule has 1 aliphatic carbocycles. The van der Waals surface area contributed by atoms with Crippen LogP contribution < -0.4 is 0 Å². The first-order valence-corrected chi connectivity index (χ1v) is 10.4. The Morgan fingerprint density at radius 1 is 1.19 bits per heavy atom. The van der Waals surface area contributed by atoms with Gasteiger partial charge in [0.05, 0.1) is 18.4 Å². The van der Waals surface area contributed by atoms with E-state index in [1.54, 1.807) is 12.1 Å². The summed E-state index contributed by atoms with van der Waals surface area (Å²) in [4.78, 5) is 23.1. The van der Waals surface area contributed by atoms with Crippen molar-refractivity contribution in [2.45, 2.75) is 49.9 Å². The molecule has 0 amide bonds. The number of hydrogen-bond acceptors (Lipinski definition) is 5. The lowest BCUT2D eigenvalue weighted by molar-refractivity contribution is -0.141. The lowest BCUT2D eigenvalue weighted by Crippen LogP contribution is -2.46. The van der Waals surface area contributed by atoms with Crippen LogP contribution in [0.15, 0.2) is 24.3 Å². The second-order valence-electron chi connectivity index (χ2n) is 6.98. The van der Waals surface area contributed by atoms with Crippen molar-refractivity contribution < 1.29 is 27.9 Å². The number of ether oxygens (including phenoxy) is 1. The summed E-state index contributed by atoms with van der Waals surface area (Å²) in [5.41, 5.74) is 0.853. The molecular formula is C18H23NO6S. The number of nitrogens with zero attached hydrogens (tertiary/aromatic N) is 1. The number of esters is 1. The maximum absolute atomic E-state index is 13.0. The largest absolute Gasteiger partial charge is 0.480 e. The minimum absolute atomic E-state index is 0.126. The SMILES string of the molecule is COC(=O)c1ccc(CS(=O)(=O)N2C(C(=O)O)CC3CCCCC32)cc1. The van der Waals surface area contributed by atoms with Crippen LogP contribution >= 0.6 is 0 Å². The monoisotopic (exact) mass is 381 g/mol. The van der Waals surface area contributed by atoms with Gasteiger partial charge in [-0.1, -0.05) is 25.0 Å². The van der Waals surface area contributed by atoms with E-state index >= 15 is 0 Å². The van der Waals surface area contributed by atoms with Gasteiger partial charge in [0, 0.05) is 6.04 Å². The van der Waals surface area contributed by atoms with Crippen molar-refractivity contribution in [2.75, 3.05) is 7.11 Å². The molecule has 1 aliphatic heterocycles. The lowest BCUT2D eigenvalue weighted by Gasteiger charge is -2.32. The molecule has 0 aromatic heterocycles. The third-order valence-electron chi connectivity index (χ3n) is 5.36. The molecule has 2 fully saturated rings. The Morgan fingerprint density at radius 2 is 1.85 bits per heavy atom. The van der Waals surface area contributed by atoms with E-state index in [9.17, 15) is 23.1 Å². The predicted octanol–water partition coefficient (Wildman–Crippen LogP) is 2.02. The average Bonchev–Trinajstić information content (AvgIpc) is 3.02. The Morgan fingerprint density at radius 3 is 2.46 bits per heavy atom. The molecule has 3 rings (SSSR count). The van der Waals surface area contributed by atoms with Crippen LogP contribution in [0.25, 0.3) is 0 Å². The second-order valence-corrected chi connectivity index (χ2v) is 8.85. The fourth-order valence-corrected chi connectivity index (χ4v) is 6.19. The molecule has 1 heterocycles. The molecule has 1 aromatic rings. The molecule has 1 saturated heterocycles. The van der Waals surface area contributed by atoms with Crippen molar-refractivity contribution in [3.63, 3.8) is 0 Å². The molecule has 3 atom stereocenters. The first kappa shape index (κ1) is 18.8. The van der Waals surface area contributed by atoms with Crippen LogP contribution in [0.2, 0.25) is 0 Å². The van der Waals surface area contributed by atoms with Crippen molar-refractivity contribution in [1.82, 2.24) is 4.31 Å². The van der Waals surface area contributed by atoms with Crippen molar-refractivity contribution in [2.24, 2.45) is 5.92 Å². The van der Waals surface area contributed by atoms with Crippen LogP contribution in [0.4, 0.5) is 0 Å². The molecular weight excluding hydrogens is 358 g/mol.